The van der Waals surface area contributed by atoms with Gasteiger partial charge in [0, 0.05) is 35.9 Å². The second-order valence-corrected chi connectivity index (χ2v) is 6.73. The predicted molar refractivity (Wildman–Crippen MR) is 103 cm³/mol. The van der Waals surface area contributed by atoms with Gasteiger partial charge in [0.2, 0.25) is 0 Å². The van der Waals surface area contributed by atoms with Crippen molar-refractivity contribution in [3.8, 4) is 0 Å². The van der Waals surface area contributed by atoms with Crippen molar-refractivity contribution in [2.75, 3.05) is 18.4 Å². The molecular formula is C21H21N3O2. The lowest BCUT2D eigenvalue weighted by Crippen LogP contribution is -2.27. The quantitative estimate of drug-likeness (QED) is 0.753. The van der Waals surface area contributed by atoms with E-state index in [9.17, 15) is 9.59 Å². The molecule has 0 radical (unpaired) electrons. The van der Waals surface area contributed by atoms with E-state index in [1.54, 1.807) is 12.1 Å². The van der Waals surface area contributed by atoms with Gasteiger partial charge < -0.3 is 15.2 Å². The van der Waals surface area contributed by atoms with E-state index in [4.69, 9.17) is 0 Å². The van der Waals surface area contributed by atoms with Crippen LogP contribution < -0.4 is 5.32 Å². The smallest absolute Gasteiger partial charge is 0.257 e. The maximum Gasteiger partial charge on any atom is 0.257 e. The molecule has 0 spiro atoms. The van der Waals surface area contributed by atoms with Crippen molar-refractivity contribution >= 4 is 28.4 Å². The molecule has 2 heterocycles. The molecule has 26 heavy (non-hydrogen) atoms. The van der Waals surface area contributed by atoms with E-state index in [2.05, 4.69) is 10.3 Å². The van der Waals surface area contributed by atoms with Gasteiger partial charge in [-0.25, -0.2) is 0 Å². The topological polar surface area (TPSA) is 65.2 Å². The predicted octanol–water partition coefficient (Wildman–Crippen LogP) is 3.96. The van der Waals surface area contributed by atoms with Crippen LogP contribution >= 0.6 is 0 Å². The number of H-pyrrole nitrogens is 1. The number of aromatic amines is 1. The molecule has 0 aliphatic carbocycles. The van der Waals surface area contributed by atoms with E-state index in [1.807, 2.05) is 48.4 Å². The van der Waals surface area contributed by atoms with Gasteiger partial charge in [-0.2, -0.15) is 0 Å². The lowest BCUT2D eigenvalue weighted by atomic mass is 10.1. The Bertz CT molecular complexity index is 984. The lowest BCUT2D eigenvalue weighted by molar-refractivity contribution is 0.0792. The molecule has 1 saturated heterocycles. The molecule has 1 aliphatic heterocycles. The van der Waals surface area contributed by atoms with Crippen molar-refractivity contribution in [2.45, 2.75) is 19.8 Å². The van der Waals surface area contributed by atoms with Gasteiger partial charge in [-0.3, -0.25) is 9.59 Å². The molecule has 1 aromatic heterocycles. The second kappa shape index (κ2) is 6.67. The maximum atomic E-state index is 12.7. The molecule has 4 rings (SSSR count). The Kier molecular flexibility index (Phi) is 4.21. The molecule has 0 saturated carbocycles. The first-order valence-corrected chi connectivity index (χ1v) is 8.91. The number of carbonyl (C=O) groups excluding carboxylic acids is 2. The molecule has 1 fully saturated rings. The summed E-state index contributed by atoms with van der Waals surface area (Å²) in [6, 6.07) is 13.0. The highest BCUT2D eigenvalue weighted by Gasteiger charge is 2.20. The number of anilines is 1. The molecule has 2 amide bonds. The molecule has 5 heteroatoms. The van der Waals surface area contributed by atoms with Gasteiger partial charge in [-0.1, -0.05) is 12.1 Å². The van der Waals surface area contributed by atoms with Gasteiger partial charge in [0.1, 0.15) is 0 Å². The minimum atomic E-state index is -0.167. The number of nitrogens with one attached hydrogen (secondary N) is 2. The summed E-state index contributed by atoms with van der Waals surface area (Å²) in [5.41, 5.74) is 3.69. The van der Waals surface area contributed by atoms with Crippen LogP contribution in [-0.2, 0) is 0 Å². The molecule has 1 aliphatic rings. The Morgan fingerprint density at radius 3 is 2.65 bits per heavy atom. The van der Waals surface area contributed by atoms with Crippen LogP contribution in [0.3, 0.4) is 0 Å². The molecule has 0 bridgehead atoms. The van der Waals surface area contributed by atoms with Crippen molar-refractivity contribution in [3.63, 3.8) is 0 Å². The minimum absolute atomic E-state index is 0.0691. The summed E-state index contributed by atoms with van der Waals surface area (Å²) in [5, 5.41) is 3.96. The largest absolute Gasteiger partial charge is 0.361 e. The fourth-order valence-corrected chi connectivity index (χ4v) is 3.50. The van der Waals surface area contributed by atoms with Crippen LogP contribution in [0.5, 0.6) is 0 Å². The van der Waals surface area contributed by atoms with Crippen LogP contribution in [0.15, 0.2) is 48.7 Å². The zero-order valence-corrected chi connectivity index (χ0v) is 14.7. The third kappa shape index (κ3) is 2.96. The fraction of sp³-hybridized carbons (Fsp3) is 0.238. The Hall–Kier alpha value is -3.08. The highest BCUT2D eigenvalue weighted by molar-refractivity contribution is 6.12. The summed E-state index contributed by atoms with van der Waals surface area (Å²) >= 11 is 0. The Balaban J connectivity index is 1.55. The molecule has 0 unspecified atom stereocenters. The standard InChI is InChI=1S/C21H21N3O2/c1-14-13-16(21(26)24-11-2-3-12-24)7-8-18(14)23-20(25)17-6-4-5-15-9-10-22-19(15)17/h4-10,13,22H,2-3,11-12H2,1H3,(H,23,25). The third-order valence-corrected chi connectivity index (χ3v) is 4.95. The summed E-state index contributed by atoms with van der Waals surface area (Å²) in [7, 11) is 0. The number of para-hydroxylation sites is 1. The first-order chi connectivity index (χ1) is 12.6. The highest BCUT2D eigenvalue weighted by Crippen LogP contribution is 2.22. The van der Waals surface area contributed by atoms with E-state index in [0.717, 1.165) is 48.1 Å². The number of hydrogen-bond donors (Lipinski definition) is 2. The number of aryl methyl sites for hydroxylation is 1. The number of carbonyl (C=O) groups is 2. The zero-order valence-electron chi connectivity index (χ0n) is 14.7. The van der Waals surface area contributed by atoms with Crippen molar-refractivity contribution in [1.29, 1.82) is 0 Å². The van der Waals surface area contributed by atoms with Gasteiger partial charge in [0.25, 0.3) is 11.8 Å². The third-order valence-electron chi connectivity index (χ3n) is 4.95. The summed E-state index contributed by atoms with van der Waals surface area (Å²) < 4.78 is 0. The van der Waals surface area contributed by atoms with Gasteiger partial charge in [0.05, 0.1) is 11.1 Å². The van der Waals surface area contributed by atoms with E-state index < -0.39 is 0 Å². The van der Waals surface area contributed by atoms with Crippen molar-refractivity contribution < 1.29 is 9.59 Å². The molecule has 3 aromatic rings. The van der Waals surface area contributed by atoms with Gasteiger partial charge >= 0.3 is 0 Å². The Labute approximate surface area is 152 Å². The van der Waals surface area contributed by atoms with E-state index in [-0.39, 0.29) is 11.8 Å². The maximum absolute atomic E-state index is 12.7. The first-order valence-electron chi connectivity index (χ1n) is 8.91. The SMILES string of the molecule is Cc1cc(C(=O)N2CCCC2)ccc1NC(=O)c1cccc2cc[nH]c12. The minimum Gasteiger partial charge on any atom is -0.361 e. The molecule has 2 aromatic carbocycles. The molecule has 5 nitrogen and oxygen atoms in total. The van der Waals surface area contributed by atoms with Gasteiger partial charge in [-0.05, 0) is 55.7 Å². The number of likely N-dealkylation sites (tertiary alicyclic amines) is 1. The summed E-state index contributed by atoms with van der Waals surface area (Å²) in [6.45, 7) is 3.57. The molecule has 0 atom stereocenters. The summed E-state index contributed by atoms with van der Waals surface area (Å²) in [6.07, 6.45) is 3.97. The zero-order chi connectivity index (χ0) is 18.1. The average Bonchev–Trinajstić information content (AvgIpc) is 3.33. The number of nitrogens with zero attached hydrogens (tertiary/aromatic N) is 1. The number of fused-ring (bicyclic) bond motifs is 1. The average molecular weight is 347 g/mol. The van der Waals surface area contributed by atoms with Gasteiger partial charge in [0.15, 0.2) is 0 Å². The van der Waals surface area contributed by atoms with Gasteiger partial charge in [-0.15, -0.1) is 0 Å². The molecular weight excluding hydrogens is 326 g/mol. The monoisotopic (exact) mass is 347 g/mol. The van der Waals surface area contributed by atoms with Crippen LogP contribution in [0.2, 0.25) is 0 Å². The van der Waals surface area contributed by atoms with Crippen molar-refractivity contribution in [3.05, 3.63) is 65.4 Å². The van der Waals surface area contributed by atoms with E-state index in [1.165, 1.54) is 0 Å². The normalized spacial score (nSPS) is 14.0. The summed E-state index contributed by atoms with van der Waals surface area (Å²) in [5.74, 6) is -0.0978. The Morgan fingerprint density at radius 1 is 1.08 bits per heavy atom. The number of aromatic nitrogens is 1. The lowest BCUT2D eigenvalue weighted by Gasteiger charge is -2.16. The highest BCUT2D eigenvalue weighted by atomic mass is 16.2. The number of rotatable bonds is 3. The van der Waals surface area contributed by atoms with Crippen LogP contribution in [-0.4, -0.2) is 34.8 Å². The number of hydrogen-bond acceptors (Lipinski definition) is 2. The van der Waals surface area contributed by atoms with Crippen molar-refractivity contribution in [1.82, 2.24) is 9.88 Å². The summed E-state index contributed by atoms with van der Waals surface area (Å²) in [4.78, 5) is 30.2. The van der Waals surface area contributed by atoms with E-state index >= 15 is 0 Å². The van der Waals surface area contributed by atoms with E-state index in [0.29, 0.717) is 11.1 Å². The van der Waals surface area contributed by atoms with Crippen LogP contribution in [0.25, 0.3) is 10.9 Å². The molecule has 2 N–H and O–H groups in total. The van der Waals surface area contributed by atoms with Crippen LogP contribution in [0, 0.1) is 6.92 Å². The number of benzene rings is 2. The van der Waals surface area contributed by atoms with Crippen LogP contribution in [0.1, 0.15) is 39.1 Å². The fourth-order valence-electron chi connectivity index (χ4n) is 3.50. The Morgan fingerprint density at radius 2 is 1.88 bits per heavy atom. The van der Waals surface area contributed by atoms with Crippen molar-refractivity contribution in [2.24, 2.45) is 0 Å². The first kappa shape index (κ1) is 16.4. The second-order valence-electron chi connectivity index (χ2n) is 6.73. The molecule has 132 valence electrons. The van der Waals surface area contributed by atoms with Crippen LogP contribution in [0.4, 0.5) is 5.69 Å². The number of amides is 2.